The third-order valence-corrected chi connectivity index (χ3v) is 2.46. The molecule has 2 rings (SSSR count). The standard InChI is InChI=1S/C8H13N5O/c9-8(10)12-4-6(7(14)5-12)13-3-1-2-11-13/h1-3,6-7,14H,4-5H2,(H3,9,10)/t6-,7-/m1/s1. The zero-order chi connectivity index (χ0) is 10.1. The molecule has 1 aromatic heterocycles. The van der Waals surface area contributed by atoms with Crippen LogP contribution in [0, 0.1) is 5.41 Å². The Hall–Kier alpha value is -1.56. The summed E-state index contributed by atoms with van der Waals surface area (Å²) in [6.45, 7) is 0.943. The first-order chi connectivity index (χ1) is 6.68. The van der Waals surface area contributed by atoms with Crippen LogP contribution < -0.4 is 5.73 Å². The van der Waals surface area contributed by atoms with E-state index < -0.39 is 6.10 Å². The summed E-state index contributed by atoms with van der Waals surface area (Å²) in [7, 11) is 0. The van der Waals surface area contributed by atoms with Gasteiger partial charge in [-0.05, 0) is 6.07 Å². The molecule has 1 fully saturated rings. The minimum absolute atomic E-state index is 0.00120. The van der Waals surface area contributed by atoms with E-state index in [9.17, 15) is 5.11 Å². The summed E-state index contributed by atoms with van der Waals surface area (Å²) in [5, 5.41) is 21.0. The second-order valence-electron chi connectivity index (χ2n) is 3.41. The highest BCUT2D eigenvalue weighted by Crippen LogP contribution is 2.20. The van der Waals surface area contributed by atoms with Crippen LogP contribution in [0.5, 0.6) is 0 Å². The quantitative estimate of drug-likeness (QED) is 0.395. The Morgan fingerprint density at radius 1 is 1.57 bits per heavy atom. The van der Waals surface area contributed by atoms with Gasteiger partial charge < -0.3 is 15.7 Å². The van der Waals surface area contributed by atoms with E-state index in [1.54, 1.807) is 22.0 Å². The predicted molar refractivity (Wildman–Crippen MR) is 50.8 cm³/mol. The van der Waals surface area contributed by atoms with Crippen LogP contribution in [0.15, 0.2) is 18.5 Å². The lowest BCUT2D eigenvalue weighted by Crippen LogP contribution is -2.35. The van der Waals surface area contributed by atoms with Gasteiger partial charge in [0, 0.05) is 25.5 Å². The van der Waals surface area contributed by atoms with Crippen LogP contribution in [-0.2, 0) is 0 Å². The molecule has 0 unspecified atom stereocenters. The Kier molecular flexibility index (Phi) is 2.12. The number of aliphatic hydroxyl groups excluding tert-OH is 1. The van der Waals surface area contributed by atoms with Crippen molar-refractivity contribution in [2.45, 2.75) is 12.1 Å². The van der Waals surface area contributed by atoms with Gasteiger partial charge in [-0.25, -0.2) is 0 Å². The second-order valence-corrected chi connectivity index (χ2v) is 3.41. The number of rotatable bonds is 1. The average Bonchev–Trinajstić information content (AvgIpc) is 2.71. The predicted octanol–water partition coefficient (Wildman–Crippen LogP) is -1.01. The van der Waals surface area contributed by atoms with E-state index in [1.165, 1.54) is 0 Å². The van der Waals surface area contributed by atoms with E-state index in [0.29, 0.717) is 13.1 Å². The van der Waals surface area contributed by atoms with Crippen LogP contribution in [0.1, 0.15) is 6.04 Å². The summed E-state index contributed by atoms with van der Waals surface area (Å²) in [5.74, 6) is -0.00120. The SMILES string of the molecule is N=C(N)N1C[C@@H](O)[C@H](n2cccn2)C1. The summed E-state index contributed by atoms with van der Waals surface area (Å²) in [6, 6.07) is 1.71. The van der Waals surface area contributed by atoms with Gasteiger partial charge >= 0.3 is 0 Å². The molecule has 0 aliphatic carbocycles. The lowest BCUT2D eigenvalue weighted by atomic mass is 10.2. The number of likely N-dealkylation sites (tertiary alicyclic amines) is 1. The van der Waals surface area contributed by atoms with Crippen molar-refractivity contribution in [1.29, 1.82) is 5.41 Å². The number of hydrogen-bond donors (Lipinski definition) is 3. The summed E-state index contributed by atoms with van der Waals surface area (Å²) in [5.41, 5.74) is 5.34. The van der Waals surface area contributed by atoms with E-state index >= 15 is 0 Å². The summed E-state index contributed by atoms with van der Waals surface area (Å²) in [6.07, 6.45) is 2.96. The van der Waals surface area contributed by atoms with Gasteiger partial charge in [0.05, 0.1) is 12.1 Å². The second kappa shape index (κ2) is 3.30. The monoisotopic (exact) mass is 195 g/mol. The average molecular weight is 195 g/mol. The maximum atomic E-state index is 9.73. The molecule has 14 heavy (non-hydrogen) atoms. The Morgan fingerprint density at radius 3 is 2.86 bits per heavy atom. The van der Waals surface area contributed by atoms with Crippen LogP contribution in [0.25, 0.3) is 0 Å². The first-order valence-electron chi connectivity index (χ1n) is 4.44. The van der Waals surface area contributed by atoms with E-state index in [-0.39, 0.29) is 12.0 Å². The molecule has 2 atom stereocenters. The normalized spacial score (nSPS) is 26.8. The van der Waals surface area contributed by atoms with E-state index in [1.807, 2.05) is 6.07 Å². The lowest BCUT2D eigenvalue weighted by Gasteiger charge is -2.15. The van der Waals surface area contributed by atoms with Crippen LogP contribution in [0.2, 0.25) is 0 Å². The van der Waals surface area contributed by atoms with Crippen molar-refractivity contribution >= 4 is 5.96 Å². The highest BCUT2D eigenvalue weighted by Gasteiger charge is 2.33. The topological polar surface area (TPSA) is 91.2 Å². The Morgan fingerprint density at radius 2 is 2.36 bits per heavy atom. The molecule has 1 aliphatic rings. The van der Waals surface area contributed by atoms with Crippen LogP contribution in [0.3, 0.4) is 0 Å². The van der Waals surface area contributed by atoms with Gasteiger partial charge in [-0.3, -0.25) is 10.1 Å². The van der Waals surface area contributed by atoms with Gasteiger partial charge in [-0.15, -0.1) is 0 Å². The van der Waals surface area contributed by atoms with Crippen LogP contribution in [0.4, 0.5) is 0 Å². The van der Waals surface area contributed by atoms with Gasteiger partial charge in [0.2, 0.25) is 0 Å². The molecular formula is C8H13N5O. The zero-order valence-corrected chi connectivity index (χ0v) is 7.67. The molecule has 1 saturated heterocycles. The number of guanidine groups is 1. The van der Waals surface area contributed by atoms with E-state index in [0.717, 1.165) is 0 Å². The van der Waals surface area contributed by atoms with Gasteiger partial charge in [-0.1, -0.05) is 0 Å². The summed E-state index contributed by atoms with van der Waals surface area (Å²) < 4.78 is 1.70. The number of nitrogens with two attached hydrogens (primary N) is 1. The third kappa shape index (κ3) is 1.44. The molecule has 0 bridgehead atoms. The highest BCUT2D eigenvalue weighted by atomic mass is 16.3. The number of β-amino-alcohol motifs (C(OH)–C–C–N with tert-alkyl or cyclic N) is 1. The molecular weight excluding hydrogens is 182 g/mol. The Bertz CT molecular complexity index is 322. The fourth-order valence-corrected chi connectivity index (χ4v) is 1.70. The Balaban J connectivity index is 2.12. The molecule has 1 aromatic rings. The smallest absolute Gasteiger partial charge is 0.188 e. The molecule has 0 radical (unpaired) electrons. The van der Waals surface area contributed by atoms with Crippen LogP contribution in [-0.4, -0.2) is 44.9 Å². The van der Waals surface area contributed by atoms with Crippen molar-refractivity contribution in [3.05, 3.63) is 18.5 Å². The fourth-order valence-electron chi connectivity index (χ4n) is 1.70. The van der Waals surface area contributed by atoms with Gasteiger partial charge in [-0.2, -0.15) is 5.10 Å². The van der Waals surface area contributed by atoms with Gasteiger partial charge in [0.25, 0.3) is 0 Å². The molecule has 2 heterocycles. The molecule has 0 aromatic carbocycles. The zero-order valence-electron chi connectivity index (χ0n) is 7.67. The molecule has 6 nitrogen and oxygen atoms in total. The number of nitrogens with one attached hydrogen (secondary N) is 1. The molecule has 4 N–H and O–H groups in total. The van der Waals surface area contributed by atoms with Crippen LogP contribution >= 0.6 is 0 Å². The van der Waals surface area contributed by atoms with E-state index in [2.05, 4.69) is 5.10 Å². The van der Waals surface area contributed by atoms with Crippen molar-refractivity contribution in [3.8, 4) is 0 Å². The van der Waals surface area contributed by atoms with Gasteiger partial charge in [0.1, 0.15) is 0 Å². The highest BCUT2D eigenvalue weighted by molar-refractivity contribution is 5.75. The van der Waals surface area contributed by atoms with Crippen molar-refractivity contribution in [3.63, 3.8) is 0 Å². The van der Waals surface area contributed by atoms with E-state index in [4.69, 9.17) is 11.1 Å². The first kappa shape index (κ1) is 9.01. The molecule has 0 saturated carbocycles. The van der Waals surface area contributed by atoms with Gasteiger partial charge in [0.15, 0.2) is 5.96 Å². The van der Waals surface area contributed by atoms with Crippen molar-refractivity contribution in [1.82, 2.24) is 14.7 Å². The molecule has 6 heteroatoms. The first-order valence-corrected chi connectivity index (χ1v) is 4.44. The molecule has 1 aliphatic heterocycles. The molecule has 0 spiro atoms. The maximum absolute atomic E-state index is 9.73. The fraction of sp³-hybridized carbons (Fsp3) is 0.500. The number of aliphatic hydroxyl groups is 1. The Labute approximate surface area is 81.4 Å². The van der Waals surface area contributed by atoms with Crippen molar-refractivity contribution < 1.29 is 5.11 Å². The minimum atomic E-state index is -0.515. The summed E-state index contributed by atoms with van der Waals surface area (Å²) >= 11 is 0. The molecule has 0 amide bonds. The number of hydrogen-bond acceptors (Lipinski definition) is 3. The number of nitrogens with zero attached hydrogens (tertiary/aromatic N) is 3. The third-order valence-electron chi connectivity index (χ3n) is 2.46. The summed E-state index contributed by atoms with van der Waals surface area (Å²) in [4.78, 5) is 1.64. The number of aromatic nitrogens is 2. The minimum Gasteiger partial charge on any atom is -0.389 e. The molecule has 76 valence electrons. The maximum Gasteiger partial charge on any atom is 0.188 e. The van der Waals surface area contributed by atoms with Crippen molar-refractivity contribution in [2.24, 2.45) is 5.73 Å². The largest absolute Gasteiger partial charge is 0.389 e. The van der Waals surface area contributed by atoms with Crippen molar-refractivity contribution in [2.75, 3.05) is 13.1 Å². The lowest BCUT2D eigenvalue weighted by molar-refractivity contribution is 0.142.